The van der Waals surface area contributed by atoms with Gasteiger partial charge in [-0.25, -0.2) is 4.79 Å². The molecule has 2 rings (SSSR count). The predicted molar refractivity (Wildman–Crippen MR) is 84.7 cm³/mol. The van der Waals surface area contributed by atoms with Crippen LogP contribution >= 0.6 is 0 Å². The summed E-state index contributed by atoms with van der Waals surface area (Å²) < 4.78 is 5.37. The molecule has 0 heterocycles. The first kappa shape index (κ1) is 15.7. The molecule has 2 amide bonds. The summed E-state index contributed by atoms with van der Waals surface area (Å²) in [4.78, 5) is 11.9. The fourth-order valence-corrected chi connectivity index (χ4v) is 2.78. The second-order valence-corrected chi connectivity index (χ2v) is 6.03. The van der Waals surface area contributed by atoms with Gasteiger partial charge in [-0.05, 0) is 30.4 Å². The number of carbonyl (C=O) groups is 1. The van der Waals surface area contributed by atoms with Crippen LogP contribution in [0.5, 0.6) is 5.75 Å². The van der Waals surface area contributed by atoms with Gasteiger partial charge in [0.25, 0.3) is 0 Å². The number of amides is 2. The number of rotatable bonds is 5. The quantitative estimate of drug-likeness (QED) is 0.871. The van der Waals surface area contributed by atoms with Gasteiger partial charge in [0, 0.05) is 18.2 Å². The summed E-state index contributed by atoms with van der Waals surface area (Å²) in [5.74, 6) is 1.28. The third kappa shape index (κ3) is 4.38. The van der Waals surface area contributed by atoms with Crippen molar-refractivity contribution in [3.8, 4) is 5.75 Å². The molecule has 0 aromatic heterocycles. The molecule has 21 heavy (non-hydrogen) atoms. The van der Waals surface area contributed by atoms with Crippen molar-refractivity contribution < 1.29 is 9.53 Å². The Bertz CT molecular complexity index is 480. The van der Waals surface area contributed by atoms with E-state index in [0.717, 1.165) is 24.2 Å². The lowest BCUT2D eigenvalue weighted by atomic mass is 10.0. The van der Waals surface area contributed by atoms with Crippen LogP contribution in [-0.4, -0.2) is 19.2 Å². The van der Waals surface area contributed by atoms with E-state index in [1.54, 1.807) is 7.11 Å². The van der Waals surface area contributed by atoms with E-state index in [9.17, 15) is 4.79 Å². The summed E-state index contributed by atoms with van der Waals surface area (Å²) in [5.41, 5.74) is 2.27. The predicted octanol–water partition coefficient (Wildman–Crippen LogP) is 3.56. The van der Waals surface area contributed by atoms with Crippen molar-refractivity contribution in [3.05, 3.63) is 29.3 Å². The Kier molecular flexibility index (Phi) is 5.48. The summed E-state index contributed by atoms with van der Waals surface area (Å²) in [6, 6.07) is 6.42. The average molecular weight is 290 g/mol. The first-order valence-corrected chi connectivity index (χ1v) is 7.81. The highest BCUT2D eigenvalue weighted by Gasteiger charge is 2.17. The van der Waals surface area contributed by atoms with Crippen LogP contribution in [0.3, 0.4) is 0 Å². The molecule has 1 aromatic rings. The molecule has 4 heteroatoms. The molecule has 2 N–H and O–H groups in total. The van der Waals surface area contributed by atoms with Gasteiger partial charge in [0.2, 0.25) is 0 Å². The lowest BCUT2D eigenvalue weighted by Crippen LogP contribution is -2.40. The van der Waals surface area contributed by atoms with E-state index < -0.39 is 0 Å². The van der Waals surface area contributed by atoms with Crippen LogP contribution < -0.4 is 15.4 Å². The standard InChI is InChI=1S/C17H26N2O2/c1-12(2)13-8-9-16(21-3)14(10-13)11-18-17(20)19-15-6-4-5-7-15/h8-10,12,15H,4-7,11H2,1-3H3,(H2,18,19,20). The van der Waals surface area contributed by atoms with Gasteiger partial charge >= 0.3 is 6.03 Å². The van der Waals surface area contributed by atoms with Crippen LogP contribution in [0.25, 0.3) is 0 Å². The van der Waals surface area contributed by atoms with Gasteiger partial charge in [-0.3, -0.25) is 0 Å². The number of carbonyl (C=O) groups excluding carboxylic acids is 1. The first-order chi connectivity index (χ1) is 10.1. The van der Waals surface area contributed by atoms with E-state index in [-0.39, 0.29) is 6.03 Å². The van der Waals surface area contributed by atoms with E-state index in [1.165, 1.54) is 18.4 Å². The molecule has 0 aliphatic heterocycles. The highest BCUT2D eigenvalue weighted by atomic mass is 16.5. The fourth-order valence-electron chi connectivity index (χ4n) is 2.78. The van der Waals surface area contributed by atoms with E-state index >= 15 is 0 Å². The summed E-state index contributed by atoms with van der Waals surface area (Å²) in [6.45, 7) is 4.81. The SMILES string of the molecule is COc1ccc(C(C)C)cc1CNC(=O)NC1CCCC1. The van der Waals surface area contributed by atoms with Crippen LogP contribution in [-0.2, 0) is 6.54 Å². The smallest absolute Gasteiger partial charge is 0.315 e. The van der Waals surface area contributed by atoms with E-state index in [1.807, 2.05) is 6.07 Å². The van der Waals surface area contributed by atoms with Crippen molar-refractivity contribution in [2.75, 3.05) is 7.11 Å². The first-order valence-electron chi connectivity index (χ1n) is 7.81. The number of ether oxygens (including phenoxy) is 1. The summed E-state index contributed by atoms with van der Waals surface area (Å²) in [5, 5.41) is 5.97. The topological polar surface area (TPSA) is 50.4 Å². The van der Waals surface area contributed by atoms with Gasteiger partial charge in [0.05, 0.1) is 7.11 Å². The molecule has 1 saturated carbocycles. The van der Waals surface area contributed by atoms with Gasteiger partial charge in [-0.1, -0.05) is 38.8 Å². The Morgan fingerprint density at radius 2 is 2.05 bits per heavy atom. The summed E-state index contributed by atoms with van der Waals surface area (Å²) >= 11 is 0. The lowest BCUT2D eigenvalue weighted by Gasteiger charge is -2.15. The lowest BCUT2D eigenvalue weighted by molar-refractivity contribution is 0.236. The van der Waals surface area contributed by atoms with Crippen LogP contribution in [0.1, 0.15) is 56.6 Å². The molecule has 1 aliphatic rings. The van der Waals surface area contributed by atoms with Crippen molar-refractivity contribution in [2.24, 2.45) is 0 Å². The molecular formula is C17H26N2O2. The van der Waals surface area contributed by atoms with Gasteiger partial charge in [0.15, 0.2) is 0 Å². The molecule has 0 saturated heterocycles. The van der Waals surface area contributed by atoms with Gasteiger partial charge in [-0.15, -0.1) is 0 Å². The largest absolute Gasteiger partial charge is 0.496 e. The highest BCUT2D eigenvalue weighted by Crippen LogP contribution is 2.24. The van der Waals surface area contributed by atoms with Crippen molar-refractivity contribution in [2.45, 2.75) is 58.0 Å². The number of nitrogens with one attached hydrogen (secondary N) is 2. The molecule has 0 unspecified atom stereocenters. The van der Waals surface area contributed by atoms with Crippen LogP contribution in [0.2, 0.25) is 0 Å². The minimum atomic E-state index is -0.0843. The average Bonchev–Trinajstić information content (AvgIpc) is 2.97. The molecule has 4 nitrogen and oxygen atoms in total. The minimum Gasteiger partial charge on any atom is -0.496 e. The Hall–Kier alpha value is -1.71. The van der Waals surface area contributed by atoms with Gasteiger partial charge in [0.1, 0.15) is 5.75 Å². The molecule has 0 radical (unpaired) electrons. The molecule has 0 atom stereocenters. The van der Waals surface area contributed by atoms with Gasteiger partial charge in [-0.2, -0.15) is 0 Å². The number of urea groups is 1. The molecule has 116 valence electrons. The van der Waals surface area contributed by atoms with E-state index in [0.29, 0.717) is 18.5 Å². The molecule has 1 fully saturated rings. The number of methoxy groups -OCH3 is 1. The third-order valence-corrected chi connectivity index (χ3v) is 4.10. The molecule has 0 spiro atoms. The molecule has 0 bridgehead atoms. The second kappa shape index (κ2) is 7.34. The molecular weight excluding hydrogens is 264 g/mol. The Morgan fingerprint density at radius 1 is 1.33 bits per heavy atom. The van der Waals surface area contributed by atoms with Crippen LogP contribution in [0.15, 0.2) is 18.2 Å². The molecule has 1 aliphatic carbocycles. The minimum absolute atomic E-state index is 0.0843. The number of benzene rings is 1. The maximum absolute atomic E-state index is 11.9. The van der Waals surface area contributed by atoms with E-state index in [4.69, 9.17) is 4.74 Å². The van der Waals surface area contributed by atoms with E-state index in [2.05, 4.69) is 36.6 Å². The zero-order valence-corrected chi connectivity index (χ0v) is 13.2. The highest BCUT2D eigenvalue weighted by molar-refractivity contribution is 5.74. The van der Waals surface area contributed by atoms with Gasteiger partial charge < -0.3 is 15.4 Å². The normalized spacial score (nSPS) is 15.2. The maximum atomic E-state index is 11.9. The summed E-state index contributed by atoms with van der Waals surface area (Å²) in [6.07, 6.45) is 4.63. The molecule has 1 aromatic carbocycles. The Balaban J connectivity index is 1.94. The second-order valence-electron chi connectivity index (χ2n) is 6.03. The van der Waals surface area contributed by atoms with Crippen molar-refractivity contribution >= 4 is 6.03 Å². The zero-order chi connectivity index (χ0) is 15.2. The number of hydrogen-bond donors (Lipinski definition) is 2. The van der Waals surface area contributed by atoms with Crippen molar-refractivity contribution in [3.63, 3.8) is 0 Å². The van der Waals surface area contributed by atoms with Crippen molar-refractivity contribution in [1.29, 1.82) is 0 Å². The van der Waals surface area contributed by atoms with Crippen LogP contribution in [0, 0.1) is 0 Å². The number of hydrogen-bond acceptors (Lipinski definition) is 2. The zero-order valence-electron chi connectivity index (χ0n) is 13.2. The van der Waals surface area contributed by atoms with Crippen LogP contribution in [0.4, 0.5) is 4.79 Å². The Labute approximate surface area is 127 Å². The Morgan fingerprint density at radius 3 is 2.67 bits per heavy atom. The third-order valence-electron chi connectivity index (χ3n) is 4.10. The fraction of sp³-hybridized carbons (Fsp3) is 0.588. The monoisotopic (exact) mass is 290 g/mol. The van der Waals surface area contributed by atoms with Crippen molar-refractivity contribution in [1.82, 2.24) is 10.6 Å². The summed E-state index contributed by atoms with van der Waals surface area (Å²) in [7, 11) is 1.66. The maximum Gasteiger partial charge on any atom is 0.315 e.